The van der Waals surface area contributed by atoms with Crippen LogP contribution in [-0.4, -0.2) is 7.11 Å². The first-order valence-corrected chi connectivity index (χ1v) is 6.11. The fourth-order valence-electron chi connectivity index (χ4n) is 1.55. The summed E-state index contributed by atoms with van der Waals surface area (Å²) >= 11 is 1.65. The normalized spacial score (nSPS) is 9.65. The summed E-state index contributed by atoms with van der Waals surface area (Å²) in [5.41, 5.74) is 2.71. The molecule has 0 fully saturated rings. The number of ether oxygens (including phenoxy) is 1. The van der Waals surface area contributed by atoms with Crippen LogP contribution in [0.4, 0.5) is 5.69 Å². The van der Waals surface area contributed by atoms with E-state index in [2.05, 4.69) is 11.4 Å². The van der Waals surface area contributed by atoms with Gasteiger partial charge in [-0.2, -0.15) is 16.6 Å². The molecule has 0 aliphatic carbocycles. The summed E-state index contributed by atoms with van der Waals surface area (Å²) in [4.78, 5) is 0. The van der Waals surface area contributed by atoms with E-state index in [9.17, 15) is 0 Å². The van der Waals surface area contributed by atoms with Crippen molar-refractivity contribution < 1.29 is 4.74 Å². The van der Waals surface area contributed by atoms with Gasteiger partial charge in [0.05, 0.1) is 18.7 Å². The van der Waals surface area contributed by atoms with Crippen molar-refractivity contribution in [2.45, 2.75) is 6.54 Å². The molecular formula is C13H12N2OS. The van der Waals surface area contributed by atoms with Gasteiger partial charge in [0, 0.05) is 23.2 Å². The SMILES string of the molecule is COc1ccc(C#N)cc1CNc1ccsc1. The Morgan fingerprint density at radius 1 is 1.41 bits per heavy atom. The quantitative estimate of drug-likeness (QED) is 0.898. The minimum absolute atomic E-state index is 0.646. The third kappa shape index (κ3) is 2.77. The predicted octanol–water partition coefficient (Wildman–Crippen LogP) is 3.24. The van der Waals surface area contributed by atoms with Crippen molar-refractivity contribution in [2.75, 3.05) is 12.4 Å². The van der Waals surface area contributed by atoms with Crippen LogP contribution in [0.5, 0.6) is 5.75 Å². The zero-order chi connectivity index (χ0) is 12.1. The largest absolute Gasteiger partial charge is 0.496 e. The van der Waals surface area contributed by atoms with E-state index in [-0.39, 0.29) is 0 Å². The Morgan fingerprint density at radius 2 is 2.29 bits per heavy atom. The van der Waals surface area contributed by atoms with Crippen LogP contribution in [0.15, 0.2) is 35.0 Å². The number of methoxy groups -OCH3 is 1. The van der Waals surface area contributed by atoms with Gasteiger partial charge in [-0.1, -0.05) is 0 Å². The van der Waals surface area contributed by atoms with Gasteiger partial charge in [-0.05, 0) is 29.6 Å². The van der Waals surface area contributed by atoms with Crippen molar-refractivity contribution in [3.8, 4) is 11.8 Å². The molecule has 0 saturated carbocycles. The predicted molar refractivity (Wildman–Crippen MR) is 69.4 cm³/mol. The highest BCUT2D eigenvalue weighted by Crippen LogP contribution is 2.21. The molecule has 3 nitrogen and oxygen atoms in total. The molecule has 1 heterocycles. The summed E-state index contributed by atoms with van der Waals surface area (Å²) in [6, 6.07) is 9.57. The minimum atomic E-state index is 0.646. The second kappa shape index (κ2) is 5.37. The molecule has 2 aromatic rings. The van der Waals surface area contributed by atoms with Crippen LogP contribution in [0.3, 0.4) is 0 Å². The van der Waals surface area contributed by atoms with Gasteiger partial charge in [-0.3, -0.25) is 0 Å². The molecule has 0 aliphatic rings. The maximum absolute atomic E-state index is 8.87. The third-order valence-electron chi connectivity index (χ3n) is 2.41. The van der Waals surface area contributed by atoms with Crippen LogP contribution < -0.4 is 10.1 Å². The number of nitrogens with one attached hydrogen (secondary N) is 1. The van der Waals surface area contributed by atoms with Crippen LogP contribution in [0, 0.1) is 11.3 Å². The first kappa shape index (κ1) is 11.5. The van der Waals surface area contributed by atoms with E-state index in [1.807, 2.05) is 29.0 Å². The summed E-state index contributed by atoms with van der Waals surface area (Å²) in [6.07, 6.45) is 0. The van der Waals surface area contributed by atoms with Gasteiger partial charge in [0.1, 0.15) is 5.75 Å². The Hall–Kier alpha value is -1.99. The maximum atomic E-state index is 8.87. The topological polar surface area (TPSA) is 45.0 Å². The Balaban J connectivity index is 2.16. The fourth-order valence-corrected chi connectivity index (χ4v) is 2.16. The van der Waals surface area contributed by atoms with Crippen LogP contribution >= 0.6 is 11.3 Å². The van der Waals surface area contributed by atoms with Crippen molar-refractivity contribution in [3.63, 3.8) is 0 Å². The molecule has 0 saturated heterocycles. The molecule has 0 atom stereocenters. The molecule has 1 aromatic heterocycles. The molecule has 2 rings (SSSR count). The van der Waals surface area contributed by atoms with E-state index in [4.69, 9.17) is 10.00 Å². The molecule has 0 radical (unpaired) electrons. The summed E-state index contributed by atoms with van der Waals surface area (Å²) in [5.74, 6) is 0.798. The molecule has 1 N–H and O–H groups in total. The molecule has 86 valence electrons. The summed E-state index contributed by atoms with van der Waals surface area (Å²) in [6.45, 7) is 0.648. The monoisotopic (exact) mass is 244 g/mol. The number of nitriles is 1. The highest BCUT2D eigenvalue weighted by molar-refractivity contribution is 7.08. The molecular weight excluding hydrogens is 232 g/mol. The Labute approximate surface area is 104 Å². The number of hydrogen-bond donors (Lipinski definition) is 1. The van der Waals surface area contributed by atoms with Gasteiger partial charge in [0.15, 0.2) is 0 Å². The van der Waals surface area contributed by atoms with E-state index in [1.165, 1.54) is 0 Å². The Morgan fingerprint density at radius 3 is 2.94 bits per heavy atom. The van der Waals surface area contributed by atoms with Gasteiger partial charge in [0.25, 0.3) is 0 Å². The smallest absolute Gasteiger partial charge is 0.123 e. The lowest BCUT2D eigenvalue weighted by molar-refractivity contribution is 0.410. The summed E-state index contributed by atoms with van der Waals surface area (Å²) < 4.78 is 5.27. The summed E-state index contributed by atoms with van der Waals surface area (Å²) in [7, 11) is 1.63. The van der Waals surface area contributed by atoms with Crippen LogP contribution in [-0.2, 0) is 6.54 Å². The summed E-state index contributed by atoms with van der Waals surface area (Å²) in [5, 5.41) is 16.2. The zero-order valence-electron chi connectivity index (χ0n) is 9.43. The van der Waals surface area contributed by atoms with Crippen molar-refractivity contribution in [1.82, 2.24) is 0 Å². The molecule has 0 bridgehead atoms. The zero-order valence-corrected chi connectivity index (χ0v) is 10.3. The molecule has 0 spiro atoms. The van der Waals surface area contributed by atoms with E-state index >= 15 is 0 Å². The van der Waals surface area contributed by atoms with E-state index in [1.54, 1.807) is 24.5 Å². The number of thiophene rings is 1. The van der Waals surface area contributed by atoms with Crippen molar-refractivity contribution in [2.24, 2.45) is 0 Å². The second-order valence-corrected chi connectivity index (χ2v) is 4.28. The van der Waals surface area contributed by atoms with Crippen LogP contribution in [0.25, 0.3) is 0 Å². The number of nitrogens with zero attached hydrogens (tertiary/aromatic N) is 1. The first-order valence-electron chi connectivity index (χ1n) is 5.16. The molecule has 1 aromatic carbocycles. The molecule has 17 heavy (non-hydrogen) atoms. The maximum Gasteiger partial charge on any atom is 0.123 e. The lowest BCUT2D eigenvalue weighted by atomic mass is 10.1. The Kier molecular flexibility index (Phi) is 3.63. The molecule has 4 heteroatoms. The Bertz CT molecular complexity index is 529. The van der Waals surface area contributed by atoms with Crippen molar-refractivity contribution in [3.05, 3.63) is 46.2 Å². The first-order chi connectivity index (χ1) is 8.33. The average Bonchev–Trinajstić information content (AvgIpc) is 2.89. The standard InChI is InChI=1S/C13H12N2OS/c1-16-13-3-2-10(7-14)6-11(13)8-15-12-4-5-17-9-12/h2-6,9,15H,8H2,1H3. The lowest BCUT2D eigenvalue weighted by Gasteiger charge is -2.09. The highest BCUT2D eigenvalue weighted by Gasteiger charge is 2.04. The van der Waals surface area contributed by atoms with Gasteiger partial charge in [-0.25, -0.2) is 0 Å². The van der Waals surface area contributed by atoms with Gasteiger partial charge >= 0.3 is 0 Å². The van der Waals surface area contributed by atoms with Crippen molar-refractivity contribution in [1.29, 1.82) is 5.26 Å². The number of anilines is 1. The van der Waals surface area contributed by atoms with E-state index < -0.39 is 0 Å². The third-order valence-corrected chi connectivity index (χ3v) is 3.10. The average molecular weight is 244 g/mol. The van der Waals surface area contributed by atoms with Gasteiger partial charge in [0.2, 0.25) is 0 Å². The van der Waals surface area contributed by atoms with E-state index in [0.29, 0.717) is 12.1 Å². The fraction of sp³-hybridized carbons (Fsp3) is 0.154. The second-order valence-electron chi connectivity index (χ2n) is 3.50. The lowest BCUT2D eigenvalue weighted by Crippen LogP contribution is -2.01. The number of hydrogen-bond acceptors (Lipinski definition) is 4. The van der Waals surface area contributed by atoms with Gasteiger partial charge in [-0.15, -0.1) is 0 Å². The molecule has 0 amide bonds. The van der Waals surface area contributed by atoms with E-state index in [0.717, 1.165) is 17.0 Å². The van der Waals surface area contributed by atoms with Gasteiger partial charge < -0.3 is 10.1 Å². The molecule has 0 unspecified atom stereocenters. The van der Waals surface area contributed by atoms with Crippen LogP contribution in [0.2, 0.25) is 0 Å². The number of benzene rings is 1. The highest BCUT2D eigenvalue weighted by atomic mass is 32.1. The van der Waals surface area contributed by atoms with Crippen LogP contribution in [0.1, 0.15) is 11.1 Å². The minimum Gasteiger partial charge on any atom is -0.496 e. The van der Waals surface area contributed by atoms with Crippen molar-refractivity contribution >= 4 is 17.0 Å². The molecule has 0 aliphatic heterocycles. The number of rotatable bonds is 4.